The molecule has 3 rings (SSSR count). The Morgan fingerprint density at radius 3 is 2.86 bits per heavy atom. The smallest absolute Gasteiger partial charge is 0.320 e. The monoisotopic (exact) mass is 302 g/mol. The van der Waals surface area contributed by atoms with Gasteiger partial charge in [-0.1, -0.05) is 6.07 Å². The Bertz CT molecular complexity index is 544. The van der Waals surface area contributed by atoms with E-state index >= 15 is 0 Å². The molecule has 22 heavy (non-hydrogen) atoms. The van der Waals surface area contributed by atoms with Gasteiger partial charge in [0.05, 0.1) is 0 Å². The Hall–Kier alpha value is -1.55. The van der Waals surface area contributed by atoms with E-state index < -0.39 is 12.0 Å². The average Bonchev–Trinajstić information content (AvgIpc) is 3.00. The van der Waals surface area contributed by atoms with Crippen molar-refractivity contribution in [3.8, 4) is 0 Å². The SMILES string of the molecule is CNC(CC1CCN(c2ccc3c(c2)CCCC3)C1)C(=O)O. The molecule has 1 aromatic carbocycles. The van der Waals surface area contributed by atoms with E-state index in [1.165, 1.54) is 42.5 Å². The third-order valence-electron chi connectivity index (χ3n) is 5.20. The van der Waals surface area contributed by atoms with Crippen LogP contribution in [0.25, 0.3) is 0 Å². The van der Waals surface area contributed by atoms with Gasteiger partial charge in [0.2, 0.25) is 0 Å². The molecule has 2 atom stereocenters. The molecular formula is C18H26N2O2. The van der Waals surface area contributed by atoms with Gasteiger partial charge in [0.1, 0.15) is 6.04 Å². The number of hydrogen-bond acceptors (Lipinski definition) is 3. The number of nitrogens with one attached hydrogen (secondary N) is 1. The number of anilines is 1. The molecular weight excluding hydrogens is 276 g/mol. The first kappa shape index (κ1) is 15.3. The fraction of sp³-hybridized carbons (Fsp3) is 0.611. The van der Waals surface area contributed by atoms with Crippen molar-refractivity contribution in [3.63, 3.8) is 0 Å². The third kappa shape index (κ3) is 3.27. The van der Waals surface area contributed by atoms with E-state index in [9.17, 15) is 9.90 Å². The summed E-state index contributed by atoms with van der Waals surface area (Å²) in [6.07, 6.45) is 6.86. The standard InChI is InChI=1S/C18H26N2O2/c1-19-17(18(21)22)10-13-8-9-20(12-13)16-7-6-14-4-2-3-5-15(14)11-16/h6-7,11,13,17,19H,2-5,8-10,12H2,1H3,(H,21,22). The zero-order chi connectivity index (χ0) is 15.5. The molecule has 1 saturated heterocycles. The van der Waals surface area contributed by atoms with Crippen molar-refractivity contribution in [3.05, 3.63) is 29.3 Å². The van der Waals surface area contributed by atoms with Crippen LogP contribution < -0.4 is 10.2 Å². The van der Waals surface area contributed by atoms with E-state index in [1.807, 2.05) is 0 Å². The zero-order valence-electron chi connectivity index (χ0n) is 13.3. The lowest BCUT2D eigenvalue weighted by molar-refractivity contribution is -0.139. The summed E-state index contributed by atoms with van der Waals surface area (Å²) >= 11 is 0. The second-order valence-corrected chi connectivity index (χ2v) is 6.68. The Balaban J connectivity index is 1.64. The van der Waals surface area contributed by atoms with Gasteiger partial charge in [0.15, 0.2) is 0 Å². The number of rotatable bonds is 5. The topological polar surface area (TPSA) is 52.6 Å². The van der Waals surface area contributed by atoms with Gasteiger partial charge in [0.25, 0.3) is 0 Å². The van der Waals surface area contributed by atoms with E-state index in [0.717, 1.165) is 19.5 Å². The summed E-state index contributed by atoms with van der Waals surface area (Å²) in [6.45, 7) is 2.02. The lowest BCUT2D eigenvalue weighted by Gasteiger charge is -2.23. The van der Waals surface area contributed by atoms with E-state index in [-0.39, 0.29) is 0 Å². The second kappa shape index (κ2) is 6.69. The number of aryl methyl sites for hydroxylation is 2. The summed E-state index contributed by atoms with van der Waals surface area (Å²) < 4.78 is 0. The number of fused-ring (bicyclic) bond motifs is 1. The molecule has 0 amide bonds. The van der Waals surface area contributed by atoms with Crippen molar-refractivity contribution in [2.45, 2.75) is 44.6 Å². The number of carboxylic acids is 1. The van der Waals surface area contributed by atoms with Crippen LogP contribution in [0.1, 0.15) is 36.8 Å². The van der Waals surface area contributed by atoms with Gasteiger partial charge in [0, 0.05) is 18.8 Å². The van der Waals surface area contributed by atoms with E-state index in [1.54, 1.807) is 7.05 Å². The second-order valence-electron chi connectivity index (χ2n) is 6.68. The molecule has 4 nitrogen and oxygen atoms in total. The number of carbonyl (C=O) groups is 1. The molecule has 1 aliphatic carbocycles. The summed E-state index contributed by atoms with van der Waals surface area (Å²) in [5.41, 5.74) is 4.36. The van der Waals surface area contributed by atoms with Crippen LogP contribution in [0.15, 0.2) is 18.2 Å². The normalized spacial score (nSPS) is 22.4. The molecule has 0 radical (unpaired) electrons. The van der Waals surface area contributed by atoms with Crippen LogP contribution in [0.4, 0.5) is 5.69 Å². The molecule has 0 bridgehead atoms. The summed E-state index contributed by atoms with van der Waals surface area (Å²) in [5.74, 6) is -0.278. The van der Waals surface area contributed by atoms with Crippen molar-refractivity contribution in [2.75, 3.05) is 25.0 Å². The predicted octanol–water partition coefficient (Wildman–Crippen LogP) is 2.45. The van der Waals surface area contributed by atoms with E-state index in [4.69, 9.17) is 0 Å². The number of aliphatic carboxylic acids is 1. The van der Waals surface area contributed by atoms with Crippen LogP contribution >= 0.6 is 0 Å². The molecule has 0 saturated carbocycles. The lowest BCUT2D eigenvalue weighted by Crippen LogP contribution is -2.36. The van der Waals surface area contributed by atoms with Crippen LogP contribution in [0.5, 0.6) is 0 Å². The minimum absolute atomic E-state index is 0.423. The first-order chi connectivity index (χ1) is 10.7. The maximum atomic E-state index is 11.2. The third-order valence-corrected chi connectivity index (χ3v) is 5.20. The van der Waals surface area contributed by atoms with E-state index in [2.05, 4.69) is 28.4 Å². The van der Waals surface area contributed by atoms with Gasteiger partial charge < -0.3 is 15.3 Å². The lowest BCUT2D eigenvalue weighted by atomic mass is 9.91. The van der Waals surface area contributed by atoms with Crippen molar-refractivity contribution in [1.29, 1.82) is 0 Å². The first-order valence-corrected chi connectivity index (χ1v) is 8.44. The molecule has 4 heteroatoms. The molecule has 120 valence electrons. The molecule has 0 spiro atoms. The van der Waals surface area contributed by atoms with Crippen molar-refractivity contribution in [2.24, 2.45) is 5.92 Å². The van der Waals surface area contributed by atoms with Crippen LogP contribution in [0, 0.1) is 5.92 Å². The molecule has 2 N–H and O–H groups in total. The highest BCUT2D eigenvalue weighted by atomic mass is 16.4. The van der Waals surface area contributed by atoms with Gasteiger partial charge in [-0.25, -0.2) is 0 Å². The van der Waals surface area contributed by atoms with E-state index in [0.29, 0.717) is 12.3 Å². The maximum absolute atomic E-state index is 11.2. The fourth-order valence-electron chi connectivity index (χ4n) is 3.85. The molecule has 1 heterocycles. The molecule has 2 unspecified atom stereocenters. The Labute approximate surface area is 132 Å². The highest BCUT2D eigenvalue weighted by Gasteiger charge is 2.28. The number of nitrogens with zero attached hydrogens (tertiary/aromatic N) is 1. The number of likely N-dealkylation sites (N-methyl/N-ethyl adjacent to an activating group) is 1. The van der Waals surface area contributed by atoms with Crippen LogP contribution in [-0.2, 0) is 17.6 Å². The summed E-state index contributed by atoms with van der Waals surface area (Å²) in [6, 6.07) is 6.49. The van der Waals surface area contributed by atoms with Crippen molar-refractivity contribution < 1.29 is 9.90 Å². The largest absolute Gasteiger partial charge is 0.480 e. The van der Waals surface area contributed by atoms with Crippen molar-refractivity contribution in [1.82, 2.24) is 5.32 Å². The van der Waals surface area contributed by atoms with Gasteiger partial charge in [-0.2, -0.15) is 0 Å². The predicted molar refractivity (Wildman–Crippen MR) is 88.5 cm³/mol. The highest BCUT2D eigenvalue weighted by molar-refractivity contribution is 5.73. The Morgan fingerprint density at radius 2 is 2.14 bits per heavy atom. The molecule has 1 aromatic rings. The van der Waals surface area contributed by atoms with Gasteiger partial charge in [-0.05, 0) is 74.8 Å². The number of carboxylic acid groups (broad SMARTS) is 1. The Kier molecular flexibility index (Phi) is 4.67. The zero-order valence-corrected chi connectivity index (χ0v) is 13.3. The highest BCUT2D eigenvalue weighted by Crippen LogP contribution is 2.30. The summed E-state index contributed by atoms with van der Waals surface area (Å²) in [5, 5.41) is 12.1. The molecule has 1 aliphatic heterocycles. The number of hydrogen-bond donors (Lipinski definition) is 2. The van der Waals surface area contributed by atoms with Crippen LogP contribution in [-0.4, -0.2) is 37.3 Å². The fourth-order valence-corrected chi connectivity index (χ4v) is 3.85. The molecule has 1 fully saturated rings. The van der Waals surface area contributed by atoms with Crippen LogP contribution in [0.2, 0.25) is 0 Å². The summed E-state index contributed by atoms with van der Waals surface area (Å²) in [4.78, 5) is 13.6. The number of benzene rings is 1. The Morgan fingerprint density at radius 1 is 1.36 bits per heavy atom. The average molecular weight is 302 g/mol. The quantitative estimate of drug-likeness (QED) is 0.877. The molecule has 0 aromatic heterocycles. The van der Waals surface area contributed by atoms with Gasteiger partial charge >= 0.3 is 5.97 Å². The molecule has 2 aliphatic rings. The maximum Gasteiger partial charge on any atom is 0.320 e. The first-order valence-electron chi connectivity index (χ1n) is 8.44. The minimum Gasteiger partial charge on any atom is -0.480 e. The van der Waals surface area contributed by atoms with Crippen molar-refractivity contribution >= 4 is 11.7 Å². The van der Waals surface area contributed by atoms with Gasteiger partial charge in [-0.3, -0.25) is 4.79 Å². The van der Waals surface area contributed by atoms with Gasteiger partial charge in [-0.15, -0.1) is 0 Å². The summed E-state index contributed by atoms with van der Waals surface area (Å²) in [7, 11) is 1.73. The van der Waals surface area contributed by atoms with Crippen LogP contribution in [0.3, 0.4) is 0 Å². The minimum atomic E-state index is -0.741.